The first-order valence-electron chi connectivity index (χ1n) is 8.44. The van der Waals surface area contributed by atoms with Gasteiger partial charge in [0.2, 0.25) is 11.8 Å². The van der Waals surface area contributed by atoms with Gasteiger partial charge in [0.25, 0.3) is 0 Å². The summed E-state index contributed by atoms with van der Waals surface area (Å²) in [5.74, 6) is 0.605. The van der Waals surface area contributed by atoms with Gasteiger partial charge in [-0.1, -0.05) is 24.3 Å². The molecule has 0 aromatic heterocycles. The van der Waals surface area contributed by atoms with E-state index in [1.54, 1.807) is 31.4 Å². The van der Waals surface area contributed by atoms with E-state index >= 15 is 0 Å². The van der Waals surface area contributed by atoms with Crippen LogP contribution >= 0.6 is 0 Å². The summed E-state index contributed by atoms with van der Waals surface area (Å²) in [5, 5.41) is 2.80. The van der Waals surface area contributed by atoms with Crippen molar-refractivity contribution in [3.05, 3.63) is 59.7 Å². The lowest BCUT2D eigenvalue weighted by Gasteiger charge is -2.28. The van der Waals surface area contributed by atoms with Gasteiger partial charge in [0.1, 0.15) is 5.75 Å². The zero-order valence-electron chi connectivity index (χ0n) is 14.3. The minimum atomic E-state index is -0.157. The van der Waals surface area contributed by atoms with Crippen LogP contribution in [0.4, 0.5) is 5.69 Å². The summed E-state index contributed by atoms with van der Waals surface area (Å²) in [4.78, 5) is 26.3. The Hall–Kier alpha value is -2.82. The molecule has 1 heterocycles. The van der Waals surface area contributed by atoms with Crippen LogP contribution in [-0.4, -0.2) is 30.4 Å². The topological polar surface area (TPSA) is 58.6 Å². The first-order valence-corrected chi connectivity index (χ1v) is 8.44. The van der Waals surface area contributed by atoms with Crippen molar-refractivity contribution in [1.82, 2.24) is 4.90 Å². The van der Waals surface area contributed by atoms with E-state index in [1.807, 2.05) is 17.0 Å². The molecule has 0 saturated heterocycles. The van der Waals surface area contributed by atoms with E-state index < -0.39 is 0 Å². The highest BCUT2D eigenvalue weighted by atomic mass is 16.5. The summed E-state index contributed by atoms with van der Waals surface area (Å²) in [5.41, 5.74) is 3.21. The Balaban J connectivity index is 1.48. The van der Waals surface area contributed by atoms with E-state index in [1.165, 1.54) is 11.1 Å². The molecule has 2 aromatic carbocycles. The number of carbonyl (C=O) groups is 2. The lowest BCUT2D eigenvalue weighted by Crippen LogP contribution is -2.36. The van der Waals surface area contributed by atoms with E-state index in [2.05, 4.69) is 17.4 Å². The summed E-state index contributed by atoms with van der Waals surface area (Å²) < 4.78 is 5.08. The minimum Gasteiger partial charge on any atom is -0.497 e. The summed E-state index contributed by atoms with van der Waals surface area (Å²) >= 11 is 0. The summed E-state index contributed by atoms with van der Waals surface area (Å²) in [6.07, 6.45) is 1.28. The molecule has 0 saturated carbocycles. The molecule has 130 valence electrons. The molecule has 5 heteroatoms. The second-order valence-electron chi connectivity index (χ2n) is 6.11. The fourth-order valence-electron chi connectivity index (χ4n) is 2.99. The van der Waals surface area contributed by atoms with Crippen molar-refractivity contribution < 1.29 is 14.3 Å². The highest BCUT2D eigenvalue weighted by Crippen LogP contribution is 2.19. The number of anilines is 1. The normalized spacial score (nSPS) is 13.1. The third-order valence-corrected chi connectivity index (χ3v) is 4.42. The van der Waals surface area contributed by atoms with Gasteiger partial charge in [-0.05, 0) is 41.8 Å². The van der Waals surface area contributed by atoms with E-state index in [0.29, 0.717) is 12.2 Å². The van der Waals surface area contributed by atoms with Gasteiger partial charge in [0, 0.05) is 31.6 Å². The SMILES string of the molecule is COc1ccc(NC(=O)CCC(=O)N2CCc3ccccc3C2)cc1. The highest BCUT2D eigenvalue weighted by Gasteiger charge is 2.20. The molecule has 0 atom stereocenters. The Labute approximate surface area is 147 Å². The van der Waals surface area contributed by atoms with Gasteiger partial charge < -0.3 is 15.0 Å². The number of rotatable bonds is 5. The van der Waals surface area contributed by atoms with Crippen molar-refractivity contribution in [2.24, 2.45) is 0 Å². The highest BCUT2D eigenvalue weighted by molar-refractivity contribution is 5.93. The summed E-state index contributed by atoms with van der Waals surface area (Å²) in [7, 11) is 1.60. The smallest absolute Gasteiger partial charge is 0.224 e. The zero-order chi connectivity index (χ0) is 17.6. The molecule has 2 aromatic rings. The fraction of sp³-hybridized carbons (Fsp3) is 0.300. The van der Waals surface area contributed by atoms with Gasteiger partial charge in [0.15, 0.2) is 0 Å². The molecule has 0 fully saturated rings. The molecule has 5 nitrogen and oxygen atoms in total. The maximum Gasteiger partial charge on any atom is 0.224 e. The lowest BCUT2D eigenvalue weighted by atomic mass is 9.99. The van der Waals surface area contributed by atoms with Gasteiger partial charge in [-0.3, -0.25) is 9.59 Å². The van der Waals surface area contributed by atoms with Crippen LogP contribution < -0.4 is 10.1 Å². The number of fused-ring (bicyclic) bond motifs is 1. The van der Waals surface area contributed by atoms with Crippen LogP contribution in [0.3, 0.4) is 0 Å². The van der Waals surface area contributed by atoms with Crippen LogP contribution in [0, 0.1) is 0 Å². The Morgan fingerprint density at radius 3 is 2.48 bits per heavy atom. The summed E-state index contributed by atoms with van der Waals surface area (Å²) in [6, 6.07) is 15.3. The Morgan fingerprint density at radius 1 is 1.04 bits per heavy atom. The van der Waals surface area contributed by atoms with Crippen LogP contribution in [0.1, 0.15) is 24.0 Å². The molecule has 25 heavy (non-hydrogen) atoms. The molecule has 1 aliphatic heterocycles. The minimum absolute atomic E-state index is 0.0272. The van der Waals surface area contributed by atoms with Crippen molar-refractivity contribution in [1.29, 1.82) is 0 Å². The summed E-state index contributed by atoms with van der Waals surface area (Å²) in [6.45, 7) is 1.35. The molecular weight excluding hydrogens is 316 g/mol. The van der Waals surface area contributed by atoms with Crippen molar-refractivity contribution in [2.75, 3.05) is 19.0 Å². The predicted octanol–water partition coefficient (Wildman–Crippen LogP) is 3.00. The van der Waals surface area contributed by atoms with Crippen LogP contribution in [0.25, 0.3) is 0 Å². The van der Waals surface area contributed by atoms with Crippen LogP contribution in [0.5, 0.6) is 5.75 Å². The third-order valence-electron chi connectivity index (χ3n) is 4.42. The molecule has 0 radical (unpaired) electrons. The van der Waals surface area contributed by atoms with Crippen molar-refractivity contribution in [3.63, 3.8) is 0 Å². The molecule has 0 spiro atoms. The van der Waals surface area contributed by atoms with E-state index in [4.69, 9.17) is 4.74 Å². The average molecular weight is 338 g/mol. The van der Waals surface area contributed by atoms with Gasteiger partial charge in [0.05, 0.1) is 7.11 Å². The van der Waals surface area contributed by atoms with Gasteiger partial charge >= 0.3 is 0 Å². The maximum absolute atomic E-state index is 12.4. The third kappa shape index (κ3) is 4.38. The Kier molecular flexibility index (Phi) is 5.33. The van der Waals surface area contributed by atoms with Crippen LogP contribution in [0.15, 0.2) is 48.5 Å². The number of nitrogens with zero attached hydrogens (tertiary/aromatic N) is 1. The van der Waals surface area contributed by atoms with E-state index in [-0.39, 0.29) is 24.7 Å². The molecule has 3 rings (SSSR count). The molecule has 2 amide bonds. The van der Waals surface area contributed by atoms with E-state index in [0.717, 1.165) is 18.7 Å². The van der Waals surface area contributed by atoms with Crippen molar-refractivity contribution in [3.8, 4) is 5.75 Å². The van der Waals surface area contributed by atoms with Gasteiger partial charge in [-0.25, -0.2) is 0 Å². The monoisotopic (exact) mass is 338 g/mol. The number of carbonyl (C=O) groups excluding carboxylic acids is 2. The van der Waals surface area contributed by atoms with Crippen molar-refractivity contribution >= 4 is 17.5 Å². The number of hydrogen-bond acceptors (Lipinski definition) is 3. The predicted molar refractivity (Wildman–Crippen MR) is 96.4 cm³/mol. The number of nitrogens with one attached hydrogen (secondary N) is 1. The maximum atomic E-state index is 12.4. The quantitative estimate of drug-likeness (QED) is 0.912. The van der Waals surface area contributed by atoms with Crippen LogP contribution in [0.2, 0.25) is 0 Å². The molecule has 1 aliphatic rings. The van der Waals surface area contributed by atoms with E-state index in [9.17, 15) is 9.59 Å². The molecule has 0 unspecified atom stereocenters. The zero-order valence-corrected chi connectivity index (χ0v) is 14.3. The standard InChI is InChI=1S/C20H22N2O3/c1-25-18-8-6-17(7-9-18)21-19(23)10-11-20(24)22-13-12-15-4-2-3-5-16(15)14-22/h2-9H,10-14H2,1H3,(H,21,23). The Bertz CT molecular complexity index is 756. The average Bonchev–Trinajstić information content (AvgIpc) is 2.66. The molecule has 0 aliphatic carbocycles. The number of benzene rings is 2. The number of methoxy groups -OCH3 is 1. The lowest BCUT2D eigenvalue weighted by molar-refractivity contribution is -0.133. The largest absolute Gasteiger partial charge is 0.497 e. The number of amides is 2. The second-order valence-corrected chi connectivity index (χ2v) is 6.11. The fourth-order valence-corrected chi connectivity index (χ4v) is 2.99. The first-order chi connectivity index (χ1) is 12.2. The Morgan fingerprint density at radius 2 is 1.76 bits per heavy atom. The second kappa shape index (κ2) is 7.83. The van der Waals surface area contributed by atoms with Gasteiger partial charge in [-0.2, -0.15) is 0 Å². The van der Waals surface area contributed by atoms with Crippen molar-refractivity contribution in [2.45, 2.75) is 25.8 Å². The number of ether oxygens (including phenoxy) is 1. The molecule has 1 N–H and O–H groups in total. The first kappa shape index (κ1) is 17.0. The molecule has 0 bridgehead atoms. The van der Waals surface area contributed by atoms with Gasteiger partial charge in [-0.15, -0.1) is 0 Å². The molecular formula is C20H22N2O3. The number of hydrogen-bond donors (Lipinski definition) is 1. The van der Waals surface area contributed by atoms with Crippen LogP contribution in [-0.2, 0) is 22.6 Å².